The van der Waals surface area contributed by atoms with Crippen LogP contribution in [0.25, 0.3) is 0 Å². The monoisotopic (exact) mass is 300 g/mol. The second-order valence-electron chi connectivity index (χ2n) is 3.48. The van der Waals surface area contributed by atoms with Crippen molar-refractivity contribution in [3.63, 3.8) is 0 Å². The highest BCUT2D eigenvalue weighted by Crippen LogP contribution is 2.42. The second-order valence-corrected chi connectivity index (χ2v) is 5.27. The first kappa shape index (κ1) is 18.0. The quantitative estimate of drug-likeness (QED) is 0.282. The van der Waals surface area contributed by atoms with Gasteiger partial charge in [-0.3, -0.25) is 14.2 Å². The molecule has 0 saturated carbocycles. The summed E-state index contributed by atoms with van der Waals surface area (Å²) in [6.07, 6.45) is -0.762. The summed E-state index contributed by atoms with van der Waals surface area (Å²) >= 11 is 0. The molecule has 0 radical (unpaired) electrons. The predicted octanol–water partition coefficient (Wildman–Crippen LogP) is -1.31. The molecule has 11 heteroatoms. The number of hydrogen-bond donors (Lipinski definition) is 3. The van der Waals surface area contributed by atoms with Crippen molar-refractivity contribution in [1.29, 1.82) is 0 Å². The Morgan fingerprint density at radius 1 is 1.37 bits per heavy atom. The Kier molecular flexibility index (Phi) is 7.76. The topological polar surface area (TPSA) is 146 Å². The SMILES string of the molecule is COOC(=O)C(CP(=O)(O)OOC)NC(=O)C(C)N. The first-order valence-corrected chi connectivity index (χ1v) is 6.84. The van der Waals surface area contributed by atoms with Crippen molar-refractivity contribution in [1.82, 2.24) is 5.32 Å². The molecule has 112 valence electrons. The first-order chi connectivity index (χ1) is 8.73. The van der Waals surface area contributed by atoms with E-state index in [1.165, 1.54) is 6.92 Å². The molecule has 0 spiro atoms. The number of nitrogens with two attached hydrogens (primary N) is 1. The lowest BCUT2D eigenvalue weighted by Crippen LogP contribution is -2.49. The maximum atomic E-state index is 11.5. The molecule has 3 unspecified atom stereocenters. The molecule has 0 aliphatic rings. The van der Waals surface area contributed by atoms with Crippen LogP contribution in [0.15, 0.2) is 0 Å². The van der Waals surface area contributed by atoms with Crippen LogP contribution in [0.1, 0.15) is 6.92 Å². The van der Waals surface area contributed by atoms with E-state index in [9.17, 15) is 19.0 Å². The van der Waals surface area contributed by atoms with E-state index >= 15 is 0 Å². The lowest BCUT2D eigenvalue weighted by Gasteiger charge is -2.19. The highest BCUT2D eigenvalue weighted by molar-refractivity contribution is 7.52. The molecule has 0 fully saturated rings. The van der Waals surface area contributed by atoms with E-state index in [1.54, 1.807) is 0 Å². The maximum absolute atomic E-state index is 11.5. The molecular formula is C8H17N2O8P. The van der Waals surface area contributed by atoms with Gasteiger partial charge in [-0.1, -0.05) is 0 Å². The van der Waals surface area contributed by atoms with Crippen molar-refractivity contribution in [3.05, 3.63) is 0 Å². The average molecular weight is 300 g/mol. The molecule has 0 heterocycles. The molecule has 0 aromatic rings. The number of nitrogens with one attached hydrogen (secondary N) is 1. The minimum atomic E-state index is -4.25. The molecule has 0 saturated heterocycles. The van der Waals surface area contributed by atoms with Gasteiger partial charge in [-0.15, -0.1) is 4.67 Å². The fourth-order valence-corrected chi connectivity index (χ4v) is 2.00. The zero-order valence-corrected chi connectivity index (χ0v) is 11.6. The Morgan fingerprint density at radius 2 is 1.95 bits per heavy atom. The molecule has 0 aromatic heterocycles. The molecule has 1 amide bonds. The summed E-state index contributed by atoms with van der Waals surface area (Å²) in [5.41, 5.74) is 5.30. The lowest BCUT2D eigenvalue weighted by molar-refractivity contribution is -0.256. The van der Waals surface area contributed by atoms with Crippen LogP contribution in [-0.4, -0.2) is 49.2 Å². The van der Waals surface area contributed by atoms with E-state index in [1.807, 2.05) is 0 Å². The van der Waals surface area contributed by atoms with E-state index in [4.69, 9.17) is 5.73 Å². The van der Waals surface area contributed by atoms with Gasteiger partial charge in [0.2, 0.25) is 5.91 Å². The fourth-order valence-electron chi connectivity index (χ4n) is 1.00. The van der Waals surface area contributed by atoms with Gasteiger partial charge < -0.3 is 15.9 Å². The lowest BCUT2D eigenvalue weighted by atomic mass is 10.3. The molecule has 3 atom stereocenters. The van der Waals surface area contributed by atoms with Gasteiger partial charge in [0, 0.05) is 0 Å². The molecule has 0 rings (SSSR count). The smallest absolute Gasteiger partial charge is 0.341 e. The Morgan fingerprint density at radius 3 is 2.37 bits per heavy atom. The zero-order valence-electron chi connectivity index (χ0n) is 10.7. The minimum Gasteiger partial charge on any atom is -0.341 e. The predicted molar refractivity (Wildman–Crippen MR) is 61.5 cm³/mol. The highest BCUT2D eigenvalue weighted by atomic mass is 31.2. The summed E-state index contributed by atoms with van der Waals surface area (Å²) < 4.78 is 15.6. The Labute approximate surface area is 109 Å². The molecule has 10 nitrogen and oxygen atoms in total. The molecular weight excluding hydrogens is 283 g/mol. The van der Waals surface area contributed by atoms with E-state index < -0.39 is 37.7 Å². The Balaban J connectivity index is 4.82. The number of amides is 1. The highest BCUT2D eigenvalue weighted by Gasteiger charge is 2.34. The van der Waals surface area contributed by atoms with Crippen LogP contribution in [0, 0.1) is 0 Å². The van der Waals surface area contributed by atoms with Crippen LogP contribution in [0.4, 0.5) is 0 Å². The Bertz CT molecular complexity index is 361. The summed E-state index contributed by atoms with van der Waals surface area (Å²) in [6.45, 7) is 1.37. The van der Waals surface area contributed by atoms with Crippen molar-refractivity contribution in [2.45, 2.75) is 19.0 Å². The number of hydrogen-bond acceptors (Lipinski definition) is 8. The standard InChI is InChI=1S/C8H17N2O8P/c1-5(9)7(11)10-6(8(12)17-15-2)4-19(13,14)18-16-3/h5-6H,4,9H2,1-3H3,(H,10,11)(H,13,14). The van der Waals surface area contributed by atoms with E-state index in [2.05, 4.69) is 24.7 Å². The van der Waals surface area contributed by atoms with Crippen LogP contribution >= 0.6 is 7.60 Å². The molecule has 0 aromatic carbocycles. The normalized spacial score (nSPS) is 17.1. The van der Waals surface area contributed by atoms with Gasteiger partial charge in [-0.2, -0.15) is 4.89 Å². The van der Waals surface area contributed by atoms with E-state index in [-0.39, 0.29) is 0 Å². The van der Waals surface area contributed by atoms with Gasteiger partial charge in [-0.25, -0.2) is 9.68 Å². The molecule has 0 aliphatic carbocycles. The summed E-state index contributed by atoms with van der Waals surface area (Å²) in [5, 5.41) is 2.13. The minimum absolute atomic E-state index is 0.713. The van der Waals surface area contributed by atoms with Crippen molar-refractivity contribution in [3.8, 4) is 0 Å². The van der Waals surface area contributed by atoms with Gasteiger partial charge in [-0.05, 0) is 6.92 Å². The van der Waals surface area contributed by atoms with Gasteiger partial charge >= 0.3 is 13.6 Å². The molecule has 19 heavy (non-hydrogen) atoms. The van der Waals surface area contributed by atoms with Crippen molar-refractivity contribution >= 4 is 19.5 Å². The van der Waals surface area contributed by atoms with Gasteiger partial charge in [0.15, 0.2) is 0 Å². The summed E-state index contributed by atoms with van der Waals surface area (Å²) in [4.78, 5) is 44.5. The third kappa shape index (κ3) is 7.21. The number of rotatable bonds is 8. The fraction of sp³-hybridized carbons (Fsp3) is 0.750. The first-order valence-electron chi connectivity index (χ1n) is 5.08. The van der Waals surface area contributed by atoms with Crippen molar-refractivity contribution < 1.29 is 38.4 Å². The van der Waals surface area contributed by atoms with E-state index in [0.29, 0.717) is 0 Å². The Hall–Kier alpha value is -1.03. The second kappa shape index (κ2) is 8.20. The van der Waals surface area contributed by atoms with Gasteiger partial charge in [0.1, 0.15) is 6.04 Å². The molecule has 0 aliphatic heterocycles. The average Bonchev–Trinajstić information content (AvgIpc) is 2.27. The number of carbonyl (C=O) groups is 2. The number of carbonyl (C=O) groups excluding carboxylic acids is 2. The summed E-state index contributed by atoms with van der Waals surface area (Å²) in [6, 6.07) is -2.39. The third-order valence-corrected chi connectivity index (χ3v) is 2.99. The van der Waals surface area contributed by atoms with Crippen LogP contribution in [-0.2, 0) is 33.5 Å². The van der Waals surface area contributed by atoms with Crippen LogP contribution in [0.5, 0.6) is 0 Å². The largest absolute Gasteiger partial charge is 0.365 e. The molecule has 4 N–H and O–H groups in total. The molecule has 0 bridgehead atoms. The van der Waals surface area contributed by atoms with Crippen molar-refractivity contribution in [2.75, 3.05) is 20.4 Å². The summed E-state index contributed by atoms with van der Waals surface area (Å²) in [5.74, 6) is -1.79. The zero-order chi connectivity index (χ0) is 15.1. The van der Waals surface area contributed by atoms with Crippen LogP contribution < -0.4 is 11.1 Å². The van der Waals surface area contributed by atoms with Gasteiger partial charge in [0.05, 0.1) is 26.4 Å². The maximum Gasteiger partial charge on any atom is 0.365 e. The van der Waals surface area contributed by atoms with E-state index in [0.717, 1.165) is 14.2 Å². The van der Waals surface area contributed by atoms with Crippen molar-refractivity contribution in [2.24, 2.45) is 5.73 Å². The third-order valence-electron chi connectivity index (χ3n) is 1.78. The van der Waals surface area contributed by atoms with Gasteiger partial charge in [0.25, 0.3) is 0 Å². The van der Waals surface area contributed by atoms with Crippen LogP contribution in [0.2, 0.25) is 0 Å². The summed E-state index contributed by atoms with van der Waals surface area (Å²) in [7, 11) is -2.17. The van der Waals surface area contributed by atoms with Crippen LogP contribution in [0.3, 0.4) is 0 Å².